The molecule has 1 aromatic rings. The van der Waals surface area contributed by atoms with Crippen molar-refractivity contribution >= 4 is 5.91 Å². The van der Waals surface area contributed by atoms with Crippen LogP contribution in [0.3, 0.4) is 0 Å². The van der Waals surface area contributed by atoms with Crippen molar-refractivity contribution in [2.24, 2.45) is 0 Å². The maximum atomic E-state index is 12.3. The number of aliphatic hydroxyl groups excluding tert-OH is 1. The van der Waals surface area contributed by atoms with Gasteiger partial charge in [-0.3, -0.25) is 4.79 Å². The van der Waals surface area contributed by atoms with Gasteiger partial charge in [0.1, 0.15) is 0 Å². The second-order valence-corrected chi connectivity index (χ2v) is 5.83. The molecule has 1 atom stereocenters. The van der Waals surface area contributed by atoms with Gasteiger partial charge in [0.05, 0.1) is 11.5 Å². The topological polar surface area (TPSA) is 49.3 Å². The van der Waals surface area contributed by atoms with Gasteiger partial charge < -0.3 is 10.4 Å². The third-order valence-electron chi connectivity index (χ3n) is 3.77. The zero-order valence-electron chi connectivity index (χ0n) is 13.1. The molecule has 112 valence electrons. The Morgan fingerprint density at radius 3 is 2.35 bits per heavy atom. The molecule has 1 aromatic carbocycles. The maximum Gasteiger partial charge on any atom is 0.230 e. The highest BCUT2D eigenvalue weighted by Gasteiger charge is 2.29. The number of amides is 1. The van der Waals surface area contributed by atoms with Crippen LogP contribution in [0.4, 0.5) is 0 Å². The minimum atomic E-state index is -0.585. The van der Waals surface area contributed by atoms with Crippen molar-refractivity contribution in [3.63, 3.8) is 0 Å². The van der Waals surface area contributed by atoms with Gasteiger partial charge in [-0.15, -0.1) is 0 Å². The molecule has 0 aromatic heterocycles. The van der Waals surface area contributed by atoms with Crippen LogP contribution >= 0.6 is 0 Å². The summed E-state index contributed by atoms with van der Waals surface area (Å²) in [4.78, 5) is 12.3. The van der Waals surface area contributed by atoms with Gasteiger partial charge in [-0.25, -0.2) is 0 Å². The number of aryl methyl sites for hydroxylation is 1. The van der Waals surface area contributed by atoms with E-state index < -0.39 is 11.5 Å². The van der Waals surface area contributed by atoms with Crippen molar-refractivity contribution in [3.05, 3.63) is 35.4 Å². The quantitative estimate of drug-likeness (QED) is 0.805. The van der Waals surface area contributed by atoms with Crippen LogP contribution in [-0.4, -0.2) is 23.7 Å². The Balaban J connectivity index is 2.68. The van der Waals surface area contributed by atoms with E-state index in [4.69, 9.17) is 0 Å². The molecule has 1 rings (SSSR count). The van der Waals surface area contributed by atoms with Crippen LogP contribution in [0, 0.1) is 0 Å². The summed E-state index contributed by atoms with van der Waals surface area (Å²) in [7, 11) is 0. The van der Waals surface area contributed by atoms with Gasteiger partial charge in [0.2, 0.25) is 5.91 Å². The zero-order chi connectivity index (χ0) is 15.2. The van der Waals surface area contributed by atoms with E-state index in [0.717, 1.165) is 18.4 Å². The van der Waals surface area contributed by atoms with E-state index in [9.17, 15) is 9.90 Å². The molecule has 0 heterocycles. The van der Waals surface area contributed by atoms with E-state index in [1.54, 1.807) is 0 Å². The van der Waals surface area contributed by atoms with Gasteiger partial charge >= 0.3 is 0 Å². The summed E-state index contributed by atoms with van der Waals surface area (Å²) in [5.74, 6) is -0.0445. The zero-order valence-corrected chi connectivity index (χ0v) is 13.1. The Labute approximate surface area is 122 Å². The summed E-state index contributed by atoms with van der Waals surface area (Å²) in [6.45, 7) is 8.28. The molecule has 20 heavy (non-hydrogen) atoms. The number of aliphatic hydroxyl groups is 1. The monoisotopic (exact) mass is 277 g/mol. The summed E-state index contributed by atoms with van der Waals surface area (Å²) < 4.78 is 0. The molecule has 3 nitrogen and oxygen atoms in total. The van der Waals surface area contributed by atoms with E-state index in [2.05, 4.69) is 24.4 Å². The van der Waals surface area contributed by atoms with Crippen molar-refractivity contribution in [1.82, 2.24) is 5.32 Å². The Hall–Kier alpha value is -1.35. The number of hydrogen-bond donors (Lipinski definition) is 2. The van der Waals surface area contributed by atoms with E-state index in [-0.39, 0.29) is 5.91 Å². The second-order valence-electron chi connectivity index (χ2n) is 5.83. The Morgan fingerprint density at radius 2 is 1.85 bits per heavy atom. The molecule has 0 spiro atoms. The highest BCUT2D eigenvalue weighted by molar-refractivity contribution is 5.87. The minimum absolute atomic E-state index is 0.0445. The Kier molecular flexibility index (Phi) is 6.21. The molecule has 0 aliphatic carbocycles. The number of benzene rings is 1. The number of carbonyl (C=O) groups is 1. The lowest BCUT2D eigenvalue weighted by Gasteiger charge is -2.25. The van der Waals surface area contributed by atoms with Gasteiger partial charge in [0.25, 0.3) is 0 Å². The van der Waals surface area contributed by atoms with Crippen LogP contribution in [0.25, 0.3) is 0 Å². The third-order valence-corrected chi connectivity index (χ3v) is 3.77. The van der Waals surface area contributed by atoms with Crippen LogP contribution in [0.5, 0.6) is 0 Å². The first kappa shape index (κ1) is 16.7. The summed E-state index contributed by atoms with van der Waals surface area (Å²) in [5.41, 5.74) is 1.68. The highest BCUT2D eigenvalue weighted by Crippen LogP contribution is 2.24. The fourth-order valence-corrected chi connectivity index (χ4v) is 2.15. The van der Waals surface area contributed by atoms with Crippen LogP contribution in [0.1, 0.15) is 51.7 Å². The third kappa shape index (κ3) is 4.34. The molecule has 0 bridgehead atoms. The minimum Gasteiger partial charge on any atom is -0.391 e. The first-order chi connectivity index (χ1) is 9.41. The average Bonchev–Trinajstić information content (AvgIpc) is 2.45. The number of carbonyl (C=O) groups excluding carboxylic acids is 1. The molecule has 0 radical (unpaired) electrons. The molecule has 1 unspecified atom stereocenters. The van der Waals surface area contributed by atoms with Crippen molar-refractivity contribution in [2.75, 3.05) is 6.54 Å². The van der Waals surface area contributed by atoms with Crippen molar-refractivity contribution in [3.8, 4) is 0 Å². The van der Waals surface area contributed by atoms with Gasteiger partial charge in [0, 0.05) is 6.54 Å². The van der Waals surface area contributed by atoms with Crippen molar-refractivity contribution in [2.45, 2.75) is 58.5 Å². The molecule has 2 N–H and O–H groups in total. The van der Waals surface area contributed by atoms with Crippen LogP contribution in [-0.2, 0) is 16.6 Å². The van der Waals surface area contributed by atoms with Crippen LogP contribution in [0.2, 0.25) is 0 Å². The second kappa shape index (κ2) is 7.44. The molecule has 0 aliphatic rings. The number of nitrogens with one attached hydrogen (secondary N) is 1. The fraction of sp³-hybridized carbons (Fsp3) is 0.588. The molecule has 1 amide bonds. The SMILES string of the molecule is CCCC(O)CNC(=O)C(C)(C)c1ccc(CC)cc1. The summed E-state index contributed by atoms with van der Waals surface area (Å²) in [6, 6.07) is 8.16. The molecular formula is C17H27NO2. The van der Waals surface area contributed by atoms with Gasteiger partial charge in [-0.1, -0.05) is 44.5 Å². The van der Waals surface area contributed by atoms with E-state index in [1.165, 1.54) is 5.56 Å². The standard InChI is InChI=1S/C17H27NO2/c1-5-7-15(19)12-18-16(20)17(3,4)14-10-8-13(6-2)9-11-14/h8-11,15,19H,5-7,12H2,1-4H3,(H,18,20). The Morgan fingerprint density at radius 1 is 1.25 bits per heavy atom. The smallest absolute Gasteiger partial charge is 0.230 e. The van der Waals surface area contributed by atoms with Crippen LogP contribution in [0.15, 0.2) is 24.3 Å². The number of rotatable bonds is 7. The lowest BCUT2D eigenvalue weighted by atomic mass is 9.83. The summed E-state index contributed by atoms with van der Waals surface area (Å²) >= 11 is 0. The van der Waals surface area contributed by atoms with Crippen LogP contribution < -0.4 is 5.32 Å². The number of hydrogen-bond acceptors (Lipinski definition) is 2. The fourth-order valence-electron chi connectivity index (χ4n) is 2.15. The predicted molar refractivity (Wildman–Crippen MR) is 82.8 cm³/mol. The molecular weight excluding hydrogens is 250 g/mol. The lowest BCUT2D eigenvalue weighted by Crippen LogP contribution is -2.43. The van der Waals surface area contributed by atoms with Gasteiger partial charge in [-0.2, -0.15) is 0 Å². The largest absolute Gasteiger partial charge is 0.391 e. The summed E-state index contributed by atoms with van der Waals surface area (Å²) in [5, 5.41) is 12.5. The van der Waals surface area contributed by atoms with E-state index in [0.29, 0.717) is 13.0 Å². The molecule has 3 heteroatoms. The first-order valence-electron chi connectivity index (χ1n) is 7.47. The van der Waals surface area contributed by atoms with Crippen molar-refractivity contribution < 1.29 is 9.90 Å². The predicted octanol–water partition coefficient (Wildman–Crippen LogP) is 2.80. The van der Waals surface area contributed by atoms with E-state index in [1.807, 2.05) is 32.9 Å². The molecule has 0 fully saturated rings. The Bertz CT molecular complexity index is 423. The average molecular weight is 277 g/mol. The summed E-state index contributed by atoms with van der Waals surface area (Å²) in [6.07, 6.45) is 2.17. The normalized spacial score (nSPS) is 13.1. The first-order valence-corrected chi connectivity index (χ1v) is 7.47. The lowest BCUT2D eigenvalue weighted by molar-refractivity contribution is -0.126. The molecule has 0 saturated carbocycles. The van der Waals surface area contributed by atoms with E-state index >= 15 is 0 Å². The highest BCUT2D eigenvalue weighted by atomic mass is 16.3. The maximum absolute atomic E-state index is 12.3. The van der Waals surface area contributed by atoms with Crippen molar-refractivity contribution in [1.29, 1.82) is 0 Å². The molecule has 0 aliphatic heterocycles. The van der Waals surface area contributed by atoms with Gasteiger partial charge in [-0.05, 0) is 37.8 Å². The van der Waals surface area contributed by atoms with Gasteiger partial charge in [0.15, 0.2) is 0 Å². The molecule has 0 saturated heterocycles.